The quantitative estimate of drug-likeness (QED) is 0.139. The molecule has 8 heteroatoms. The summed E-state index contributed by atoms with van der Waals surface area (Å²) in [6.07, 6.45) is 1.30. The maximum Gasteiger partial charge on any atom is 0.333 e. The first-order valence-corrected chi connectivity index (χ1v) is 15.1. The van der Waals surface area contributed by atoms with Crippen LogP contribution in [0.5, 0.6) is 5.75 Å². The summed E-state index contributed by atoms with van der Waals surface area (Å²) in [4.78, 5) is 27.8. The number of unbranched alkanes of at least 4 members (excludes halogenated alkanes) is 1. The molecule has 3 aromatic carbocycles. The standard InChI is InChI=1S/C33H42N2O5S/c1-5-39-30(32(36)37)23-27-13-15-28(16-14-27)40-19-18-35(17-9-10-20-41-29-11-7-6-8-12-29)33(38)34-31-25(3)21-24(2)22-26(31)4/h6-8,11-16,21-22,30H,5,9-10,17-20,23H2,1-4H3,(H,34,38)(H,36,37). The number of nitrogens with zero attached hydrogens (tertiary/aromatic N) is 1. The van der Waals surface area contributed by atoms with E-state index in [4.69, 9.17) is 9.47 Å². The van der Waals surface area contributed by atoms with E-state index < -0.39 is 12.1 Å². The number of benzene rings is 3. The van der Waals surface area contributed by atoms with E-state index in [0.29, 0.717) is 32.1 Å². The number of carbonyl (C=O) groups excluding carboxylic acids is 1. The molecule has 0 aromatic heterocycles. The molecule has 0 aliphatic rings. The number of nitrogens with one attached hydrogen (secondary N) is 1. The Bertz CT molecular complexity index is 1230. The fraction of sp³-hybridized carbons (Fsp3) is 0.394. The Morgan fingerprint density at radius 3 is 2.27 bits per heavy atom. The van der Waals surface area contributed by atoms with Crippen LogP contribution in [-0.2, 0) is 16.0 Å². The zero-order valence-corrected chi connectivity index (χ0v) is 25.3. The van der Waals surface area contributed by atoms with Crippen molar-refractivity contribution in [2.75, 3.05) is 37.4 Å². The number of amides is 2. The molecule has 0 aliphatic heterocycles. The topological polar surface area (TPSA) is 88.1 Å². The molecule has 2 N–H and O–H groups in total. The Kier molecular flexibility index (Phi) is 13.0. The average Bonchev–Trinajstić information content (AvgIpc) is 2.94. The maximum absolute atomic E-state index is 13.4. The maximum atomic E-state index is 13.4. The van der Waals surface area contributed by atoms with Crippen LogP contribution in [0.25, 0.3) is 0 Å². The van der Waals surface area contributed by atoms with Gasteiger partial charge in [0.1, 0.15) is 12.4 Å². The molecule has 7 nitrogen and oxygen atoms in total. The van der Waals surface area contributed by atoms with Crippen molar-refractivity contribution in [3.8, 4) is 5.75 Å². The highest BCUT2D eigenvalue weighted by atomic mass is 32.2. The minimum absolute atomic E-state index is 0.134. The molecular formula is C33H42N2O5S. The third-order valence-corrected chi connectivity index (χ3v) is 7.75. The van der Waals surface area contributed by atoms with Crippen molar-refractivity contribution in [1.29, 1.82) is 0 Å². The van der Waals surface area contributed by atoms with Gasteiger partial charge in [0.05, 0.1) is 6.54 Å². The van der Waals surface area contributed by atoms with Crippen molar-refractivity contribution in [2.24, 2.45) is 0 Å². The number of urea groups is 1. The molecule has 0 bridgehead atoms. The van der Waals surface area contributed by atoms with Gasteiger partial charge in [-0.05, 0) is 87.2 Å². The van der Waals surface area contributed by atoms with Crippen LogP contribution >= 0.6 is 11.8 Å². The summed E-state index contributed by atoms with van der Waals surface area (Å²) in [5, 5.41) is 12.5. The van der Waals surface area contributed by atoms with Gasteiger partial charge in [-0.1, -0.05) is 48.0 Å². The summed E-state index contributed by atoms with van der Waals surface area (Å²) in [5.74, 6) is 0.687. The molecule has 0 fully saturated rings. The van der Waals surface area contributed by atoms with Crippen LogP contribution < -0.4 is 10.1 Å². The molecule has 0 spiro atoms. The molecule has 0 saturated heterocycles. The highest BCUT2D eigenvalue weighted by Crippen LogP contribution is 2.23. The summed E-state index contributed by atoms with van der Waals surface area (Å²) < 4.78 is 11.3. The highest BCUT2D eigenvalue weighted by Gasteiger charge is 2.18. The van der Waals surface area contributed by atoms with Crippen LogP contribution in [-0.4, -0.2) is 60.2 Å². The lowest BCUT2D eigenvalue weighted by Crippen LogP contribution is -2.39. The van der Waals surface area contributed by atoms with Gasteiger partial charge in [-0.25, -0.2) is 9.59 Å². The van der Waals surface area contributed by atoms with Gasteiger partial charge >= 0.3 is 12.0 Å². The Morgan fingerprint density at radius 1 is 0.951 bits per heavy atom. The molecule has 2 amide bonds. The highest BCUT2D eigenvalue weighted by molar-refractivity contribution is 7.99. The number of carboxylic acids is 1. The SMILES string of the molecule is CCOC(Cc1ccc(OCCN(CCCCSc2ccccc2)C(=O)Nc2c(C)cc(C)cc2C)cc1)C(=O)O. The van der Waals surface area contributed by atoms with Crippen molar-refractivity contribution in [1.82, 2.24) is 4.90 Å². The number of ether oxygens (including phenoxy) is 2. The van der Waals surface area contributed by atoms with E-state index in [1.54, 1.807) is 6.92 Å². The number of hydrogen-bond acceptors (Lipinski definition) is 5. The largest absolute Gasteiger partial charge is 0.492 e. The smallest absolute Gasteiger partial charge is 0.333 e. The number of aliphatic carboxylic acids is 1. The predicted octanol–water partition coefficient (Wildman–Crippen LogP) is 7.13. The zero-order chi connectivity index (χ0) is 29.6. The molecule has 220 valence electrons. The Hall–Kier alpha value is -3.49. The summed E-state index contributed by atoms with van der Waals surface area (Å²) in [5.41, 5.74) is 4.97. The van der Waals surface area contributed by atoms with Gasteiger partial charge in [0, 0.05) is 30.2 Å². The first-order valence-electron chi connectivity index (χ1n) is 14.1. The molecule has 0 radical (unpaired) electrons. The lowest BCUT2D eigenvalue weighted by Gasteiger charge is -2.24. The lowest BCUT2D eigenvalue weighted by atomic mass is 10.1. The second-order valence-electron chi connectivity index (χ2n) is 10.0. The third-order valence-electron chi connectivity index (χ3n) is 6.65. The van der Waals surface area contributed by atoms with E-state index >= 15 is 0 Å². The van der Waals surface area contributed by atoms with E-state index in [2.05, 4.69) is 36.5 Å². The third kappa shape index (κ3) is 10.8. The molecule has 41 heavy (non-hydrogen) atoms. The number of hydrogen-bond donors (Lipinski definition) is 2. The van der Waals surface area contributed by atoms with Crippen molar-refractivity contribution in [2.45, 2.75) is 58.0 Å². The van der Waals surface area contributed by atoms with Crippen LogP contribution in [0, 0.1) is 20.8 Å². The van der Waals surface area contributed by atoms with E-state index in [1.807, 2.05) is 73.0 Å². The Labute approximate surface area is 248 Å². The van der Waals surface area contributed by atoms with Crippen LogP contribution in [0.1, 0.15) is 42.0 Å². The van der Waals surface area contributed by atoms with Crippen molar-refractivity contribution >= 4 is 29.4 Å². The number of rotatable bonds is 16. The monoisotopic (exact) mass is 578 g/mol. The van der Waals surface area contributed by atoms with Crippen LogP contribution in [0.3, 0.4) is 0 Å². The van der Waals surface area contributed by atoms with Gasteiger partial charge < -0.3 is 24.8 Å². The molecular weight excluding hydrogens is 536 g/mol. The minimum Gasteiger partial charge on any atom is -0.492 e. The van der Waals surface area contributed by atoms with Crippen LogP contribution in [0.15, 0.2) is 71.6 Å². The Morgan fingerprint density at radius 2 is 1.63 bits per heavy atom. The number of carboxylic acid groups (broad SMARTS) is 1. The van der Waals surface area contributed by atoms with Gasteiger partial charge in [-0.15, -0.1) is 11.8 Å². The van der Waals surface area contributed by atoms with E-state index in [-0.39, 0.29) is 12.5 Å². The fourth-order valence-corrected chi connectivity index (χ4v) is 5.55. The number of thioether (sulfide) groups is 1. The molecule has 3 aromatic rings. The van der Waals surface area contributed by atoms with Crippen LogP contribution in [0.2, 0.25) is 0 Å². The van der Waals surface area contributed by atoms with Crippen molar-refractivity contribution in [3.63, 3.8) is 0 Å². The normalized spacial score (nSPS) is 11.6. The first kappa shape index (κ1) is 32.0. The van der Waals surface area contributed by atoms with E-state index in [0.717, 1.165) is 41.0 Å². The first-order chi connectivity index (χ1) is 19.8. The van der Waals surface area contributed by atoms with Gasteiger partial charge in [0.25, 0.3) is 0 Å². The van der Waals surface area contributed by atoms with Gasteiger partial charge in [-0.3, -0.25) is 0 Å². The summed E-state index contributed by atoms with van der Waals surface area (Å²) >= 11 is 1.83. The number of anilines is 1. The van der Waals surface area contributed by atoms with Crippen LogP contribution in [0.4, 0.5) is 10.5 Å². The van der Waals surface area contributed by atoms with Gasteiger partial charge in [-0.2, -0.15) is 0 Å². The minimum atomic E-state index is -0.972. The Balaban J connectivity index is 1.56. The average molecular weight is 579 g/mol. The molecule has 0 aliphatic carbocycles. The zero-order valence-electron chi connectivity index (χ0n) is 24.5. The molecule has 1 atom stereocenters. The van der Waals surface area contributed by atoms with E-state index in [1.165, 1.54) is 10.5 Å². The van der Waals surface area contributed by atoms with Crippen molar-refractivity contribution in [3.05, 3.63) is 89.0 Å². The number of carbonyl (C=O) groups is 2. The molecule has 1 unspecified atom stereocenters. The van der Waals surface area contributed by atoms with Gasteiger partial charge in [0.2, 0.25) is 0 Å². The number of aryl methyl sites for hydroxylation is 3. The van der Waals surface area contributed by atoms with Gasteiger partial charge in [0.15, 0.2) is 6.10 Å². The predicted molar refractivity (Wildman–Crippen MR) is 166 cm³/mol. The summed E-state index contributed by atoms with van der Waals surface area (Å²) in [6, 6.07) is 21.7. The fourth-order valence-electron chi connectivity index (χ4n) is 4.62. The molecule has 0 heterocycles. The summed E-state index contributed by atoms with van der Waals surface area (Å²) in [6.45, 7) is 9.62. The second-order valence-corrected chi connectivity index (χ2v) is 11.2. The van der Waals surface area contributed by atoms with E-state index in [9.17, 15) is 14.7 Å². The second kappa shape index (κ2) is 16.7. The van der Waals surface area contributed by atoms with Crippen molar-refractivity contribution < 1.29 is 24.2 Å². The lowest BCUT2D eigenvalue weighted by molar-refractivity contribution is -0.149. The molecule has 3 rings (SSSR count). The molecule has 0 saturated carbocycles. The summed E-state index contributed by atoms with van der Waals surface area (Å²) in [7, 11) is 0.